The van der Waals surface area contributed by atoms with Gasteiger partial charge in [0, 0.05) is 6.61 Å². The van der Waals surface area contributed by atoms with Gasteiger partial charge < -0.3 is 4.43 Å². The third kappa shape index (κ3) is 13.1. The van der Waals surface area contributed by atoms with Crippen LogP contribution in [-0.4, -0.2) is 17.1 Å². The first-order valence-corrected chi connectivity index (χ1v) is 13.3. The second-order valence-corrected chi connectivity index (χ2v) is 10.3. The van der Waals surface area contributed by atoms with Gasteiger partial charge in [0.15, 0.2) is 0 Å². The molecule has 0 fully saturated rings. The maximum atomic E-state index is 5.74. The molecule has 0 N–H and O–H groups in total. The predicted octanol–water partition coefficient (Wildman–Crippen LogP) is 7.84. The summed E-state index contributed by atoms with van der Waals surface area (Å²) in [4.78, 5) is 0. The molecule has 2 heteroatoms. The first-order chi connectivity index (χ1) is 13.0. The van der Waals surface area contributed by atoms with Gasteiger partial charge in [-0.05, 0) is 23.7 Å². The third-order valence-electron chi connectivity index (χ3n) is 6.96. The lowest BCUT2D eigenvalue weighted by atomic mass is 9.66. The van der Waals surface area contributed by atoms with Crippen molar-refractivity contribution in [3.05, 3.63) is 0 Å². The van der Waals surface area contributed by atoms with Crippen molar-refractivity contribution >= 4 is 10.5 Å². The van der Waals surface area contributed by atoms with E-state index in [2.05, 4.69) is 34.6 Å². The second kappa shape index (κ2) is 18.2. The Morgan fingerprint density at radius 3 is 1.22 bits per heavy atom. The zero-order chi connectivity index (χ0) is 20.4. The Hall–Kier alpha value is 0.177. The predicted molar refractivity (Wildman–Crippen MR) is 128 cm³/mol. The van der Waals surface area contributed by atoms with Crippen molar-refractivity contribution in [2.24, 2.45) is 17.3 Å². The molecule has 0 aromatic heterocycles. The molecule has 0 amide bonds. The smallest absolute Gasteiger partial charge is 0.145 e. The average Bonchev–Trinajstić information content (AvgIpc) is 2.63. The molecule has 0 saturated carbocycles. The first-order valence-electron chi connectivity index (χ1n) is 12.5. The minimum Gasteiger partial charge on any atom is -0.427 e. The van der Waals surface area contributed by atoms with Gasteiger partial charge in [0.25, 0.3) is 0 Å². The summed E-state index contributed by atoms with van der Waals surface area (Å²) in [5.41, 5.74) is 0.401. The van der Waals surface area contributed by atoms with Gasteiger partial charge in [0.2, 0.25) is 0 Å². The highest BCUT2D eigenvalue weighted by Gasteiger charge is 2.36. The highest BCUT2D eigenvalue weighted by atomic mass is 28.2. The van der Waals surface area contributed by atoms with Gasteiger partial charge in [-0.1, -0.05) is 131 Å². The fraction of sp³-hybridized carbons (Fsp3) is 1.00. The lowest BCUT2D eigenvalue weighted by Crippen LogP contribution is -2.37. The Balaban J connectivity index is 3.55. The molecule has 0 aliphatic heterocycles. The molecule has 0 radical (unpaired) electrons. The van der Waals surface area contributed by atoms with Crippen LogP contribution < -0.4 is 0 Å². The Morgan fingerprint density at radius 2 is 0.926 bits per heavy atom. The molecule has 0 unspecified atom stereocenters. The van der Waals surface area contributed by atoms with Crippen LogP contribution in [0.25, 0.3) is 0 Å². The zero-order valence-electron chi connectivity index (χ0n) is 20.1. The summed E-state index contributed by atoms with van der Waals surface area (Å²) in [5.74, 6) is 1.44. The summed E-state index contributed by atoms with van der Waals surface area (Å²) in [6.07, 6.45) is 23.0. The van der Waals surface area contributed by atoms with Crippen LogP contribution in [0, 0.1) is 17.3 Å². The Kier molecular flexibility index (Phi) is 18.3. The maximum absolute atomic E-state index is 5.74. The molecule has 1 nitrogen and oxygen atoms in total. The molecule has 0 heterocycles. The lowest BCUT2D eigenvalue weighted by Gasteiger charge is -2.41. The van der Waals surface area contributed by atoms with Crippen molar-refractivity contribution in [3.63, 3.8) is 0 Å². The molecule has 0 rings (SSSR count). The summed E-state index contributed by atoms with van der Waals surface area (Å²) in [7, 11) is 0.873. The van der Waals surface area contributed by atoms with Crippen molar-refractivity contribution in [1.29, 1.82) is 0 Å². The molecule has 27 heavy (non-hydrogen) atoms. The second-order valence-electron chi connectivity index (χ2n) is 9.68. The van der Waals surface area contributed by atoms with Gasteiger partial charge in [-0.15, -0.1) is 0 Å². The summed E-state index contributed by atoms with van der Waals surface area (Å²) in [6.45, 7) is 12.9. The molecule has 0 aliphatic rings. The van der Waals surface area contributed by atoms with Crippen molar-refractivity contribution in [1.82, 2.24) is 0 Å². The van der Waals surface area contributed by atoms with Crippen LogP contribution in [-0.2, 0) is 4.43 Å². The van der Waals surface area contributed by atoms with E-state index in [1.165, 1.54) is 103 Å². The van der Waals surface area contributed by atoms with E-state index in [1.807, 2.05) is 0 Å². The highest BCUT2D eigenvalue weighted by Crippen LogP contribution is 2.41. The monoisotopic (exact) mass is 398 g/mol. The molecular formula is C25H54OSi. The number of hydrogen-bond donors (Lipinski definition) is 0. The van der Waals surface area contributed by atoms with Gasteiger partial charge >= 0.3 is 0 Å². The van der Waals surface area contributed by atoms with Crippen molar-refractivity contribution in [2.45, 2.75) is 137 Å². The van der Waals surface area contributed by atoms with E-state index >= 15 is 0 Å². The fourth-order valence-corrected chi connectivity index (χ4v) is 5.28. The van der Waals surface area contributed by atoms with E-state index in [1.54, 1.807) is 0 Å². The normalized spacial score (nSPS) is 12.6. The quantitative estimate of drug-likeness (QED) is 0.150. The van der Waals surface area contributed by atoms with Gasteiger partial charge in [0.1, 0.15) is 10.5 Å². The summed E-state index contributed by atoms with van der Waals surface area (Å²) < 4.78 is 5.74. The van der Waals surface area contributed by atoms with E-state index in [-0.39, 0.29) is 0 Å². The third-order valence-corrected chi connectivity index (χ3v) is 7.25. The van der Waals surface area contributed by atoms with Gasteiger partial charge in [0.05, 0.1) is 0 Å². The van der Waals surface area contributed by atoms with Gasteiger partial charge in [-0.25, -0.2) is 0 Å². The van der Waals surface area contributed by atoms with Crippen molar-refractivity contribution in [2.75, 3.05) is 6.61 Å². The van der Waals surface area contributed by atoms with Gasteiger partial charge in [-0.2, -0.15) is 0 Å². The van der Waals surface area contributed by atoms with Crippen LogP contribution in [0.4, 0.5) is 0 Å². The largest absolute Gasteiger partial charge is 0.427 e. The molecule has 0 bridgehead atoms. The molecule has 0 aromatic carbocycles. The van der Waals surface area contributed by atoms with E-state index in [0.29, 0.717) is 5.41 Å². The minimum atomic E-state index is 0.401. The number of hydrogen-bond acceptors (Lipinski definition) is 1. The molecule has 0 aliphatic carbocycles. The molecule has 0 aromatic rings. The van der Waals surface area contributed by atoms with Crippen LogP contribution in [0.5, 0.6) is 0 Å². The van der Waals surface area contributed by atoms with Crippen LogP contribution in [0.3, 0.4) is 0 Å². The molecule has 164 valence electrons. The maximum Gasteiger partial charge on any atom is 0.145 e. The Labute approximate surface area is 176 Å². The molecule has 0 atom stereocenters. The summed E-state index contributed by atoms with van der Waals surface area (Å²) in [6, 6.07) is 0. The van der Waals surface area contributed by atoms with Crippen molar-refractivity contribution in [3.8, 4) is 0 Å². The SMILES string of the molecule is CCCCCCCCCCCCCCCCCC(CO[SiH3])(C(C)C)C(C)C. The average molecular weight is 399 g/mol. The molecule has 0 saturated heterocycles. The Morgan fingerprint density at radius 1 is 0.593 bits per heavy atom. The first kappa shape index (κ1) is 27.2. The molecule has 0 spiro atoms. The number of unbranched alkanes of at least 4 members (excludes halogenated alkanes) is 14. The summed E-state index contributed by atoms with van der Waals surface area (Å²) in [5, 5.41) is 0. The lowest BCUT2D eigenvalue weighted by molar-refractivity contribution is 0.0341. The highest BCUT2D eigenvalue weighted by molar-refractivity contribution is 5.97. The van der Waals surface area contributed by atoms with Crippen molar-refractivity contribution < 1.29 is 4.43 Å². The standard InChI is InChI=1S/C25H54OSi/c1-6-7-8-9-10-11-12-13-14-15-16-17-18-19-20-21-25(22-26-27,23(2)3)24(4)5/h23-24H,6-22H2,1-5,27H3. The van der Waals surface area contributed by atoms with Crippen LogP contribution >= 0.6 is 0 Å². The van der Waals surface area contributed by atoms with E-state index in [0.717, 1.165) is 28.9 Å². The van der Waals surface area contributed by atoms with E-state index in [4.69, 9.17) is 4.43 Å². The van der Waals surface area contributed by atoms with E-state index < -0.39 is 0 Å². The summed E-state index contributed by atoms with van der Waals surface area (Å²) >= 11 is 0. The molecular weight excluding hydrogens is 344 g/mol. The topological polar surface area (TPSA) is 9.23 Å². The Bertz CT molecular complexity index is 293. The van der Waals surface area contributed by atoms with Crippen LogP contribution in [0.2, 0.25) is 0 Å². The zero-order valence-corrected chi connectivity index (χ0v) is 22.1. The van der Waals surface area contributed by atoms with E-state index in [9.17, 15) is 0 Å². The minimum absolute atomic E-state index is 0.401. The fourth-order valence-electron chi connectivity index (χ4n) is 4.74. The van der Waals surface area contributed by atoms with Crippen LogP contribution in [0.1, 0.15) is 137 Å². The number of rotatable bonds is 20. The van der Waals surface area contributed by atoms with Crippen LogP contribution in [0.15, 0.2) is 0 Å². The van der Waals surface area contributed by atoms with Gasteiger partial charge in [-0.3, -0.25) is 0 Å².